The lowest BCUT2D eigenvalue weighted by Gasteiger charge is -2.17. The standard InChI is InChI=1S/C24H25BrIN3O5/c1-5-6-7-21-28-19-9-8-16(25)12-17(19)23(30)29(21)27-13-15-10-18(26)22(20(11-15)32-3)34-14(2)24(31)33-4/h8-14H,5-7H2,1-4H3/t14-/m1/s1. The van der Waals surface area contributed by atoms with Crippen molar-refractivity contribution in [2.45, 2.75) is 39.2 Å². The summed E-state index contributed by atoms with van der Waals surface area (Å²) in [5.74, 6) is 0.976. The predicted octanol–water partition coefficient (Wildman–Crippen LogP) is 4.94. The number of carbonyl (C=O) groups is 1. The van der Waals surface area contributed by atoms with Crippen molar-refractivity contribution in [3.63, 3.8) is 0 Å². The van der Waals surface area contributed by atoms with Crippen LogP contribution in [-0.2, 0) is 16.0 Å². The highest BCUT2D eigenvalue weighted by Crippen LogP contribution is 2.34. The molecule has 10 heteroatoms. The molecule has 3 aromatic rings. The van der Waals surface area contributed by atoms with Crippen molar-refractivity contribution in [3.05, 3.63) is 60.1 Å². The van der Waals surface area contributed by atoms with Gasteiger partial charge < -0.3 is 14.2 Å². The Kier molecular flexibility index (Phi) is 9.06. The Morgan fingerprint density at radius 3 is 2.74 bits per heavy atom. The van der Waals surface area contributed by atoms with Crippen LogP contribution in [0.15, 0.2) is 44.7 Å². The zero-order valence-corrected chi connectivity index (χ0v) is 23.0. The van der Waals surface area contributed by atoms with Gasteiger partial charge in [-0.15, -0.1) is 0 Å². The summed E-state index contributed by atoms with van der Waals surface area (Å²) < 4.78 is 18.8. The van der Waals surface area contributed by atoms with Crippen molar-refractivity contribution in [2.24, 2.45) is 5.10 Å². The second kappa shape index (κ2) is 11.8. The summed E-state index contributed by atoms with van der Waals surface area (Å²) >= 11 is 5.52. The van der Waals surface area contributed by atoms with Gasteiger partial charge in [-0.05, 0) is 71.8 Å². The van der Waals surface area contributed by atoms with Gasteiger partial charge in [0.1, 0.15) is 5.82 Å². The maximum Gasteiger partial charge on any atom is 0.346 e. The minimum absolute atomic E-state index is 0.234. The van der Waals surface area contributed by atoms with E-state index < -0.39 is 12.1 Å². The molecule has 2 aromatic carbocycles. The average Bonchev–Trinajstić information content (AvgIpc) is 2.83. The van der Waals surface area contributed by atoms with Crippen molar-refractivity contribution in [2.75, 3.05) is 14.2 Å². The highest BCUT2D eigenvalue weighted by molar-refractivity contribution is 14.1. The van der Waals surface area contributed by atoms with Gasteiger partial charge in [0.05, 0.1) is 34.9 Å². The number of hydrogen-bond donors (Lipinski definition) is 0. The van der Waals surface area contributed by atoms with Crippen LogP contribution < -0.4 is 15.0 Å². The maximum atomic E-state index is 13.2. The molecule has 34 heavy (non-hydrogen) atoms. The van der Waals surface area contributed by atoms with Gasteiger partial charge in [-0.25, -0.2) is 9.78 Å². The monoisotopic (exact) mass is 641 g/mol. The van der Waals surface area contributed by atoms with E-state index in [-0.39, 0.29) is 5.56 Å². The second-order valence-corrected chi connectivity index (χ2v) is 9.55. The molecule has 0 aliphatic carbocycles. The van der Waals surface area contributed by atoms with Crippen molar-refractivity contribution >= 4 is 61.6 Å². The number of ether oxygens (including phenoxy) is 3. The quantitative estimate of drug-likeness (QED) is 0.187. The number of carbonyl (C=O) groups excluding carboxylic acids is 1. The first kappa shape index (κ1) is 26.1. The van der Waals surface area contributed by atoms with E-state index in [1.807, 2.05) is 18.2 Å². The molecule has 0 fully saturated rings. The Bertz CT molecular complexity index is 1290. The molecule has 1 aromatic heterocycles. The fourth-order valence-corrected chi connectivity index (χ4v) is 4.37. The summed E-state index contributed by atoms with van der Waals surface area (Å²) in [5, 5.41) is 4.97. The van der Waals surface area contributed by atoms with Crippen LogP contribution in [0.4, 0.5) is 0 Å². The normalized spacial score (nSPS) is 12.2. The molecule has 0 radical (unpaired) electrons. The molecule has 0 bridgehead atoms. The molecule has 1 heterocycles. The van der Waals surface area contributed by atoms with E-state index >= 15 is 0 Å². The number of aromatic nitrogens is 2. The van der Waals surface area contributed by atoms with Gasteiger partial charge in [-0.1, -0.05) is 29.3 Å². The van der Waals surface area contributed by atoms with Crippen LogP contribution in [0.2, 0.25) is 0 Å². The Hall–Kier alpha value is -2.47. The fourth-order valence-electron chi connectivity index (χ4n) is 3.25. The smallest absolute Gasteiger partial charge is 0.346 e. The Morgan fingerprint density at radius 1 is 1.29 bits per heavy atom. The molecule has 3 rings (SSSR count). The third kappa shape index (κ3) is 5.96. The topological polar surface area (TPSA) is 92.0 Å². The van der Waals surface area contributed by atoms with E-state index in [0.717, 1.165) is 17.3 Å². The number of methoxy groups -OCH3 is 2. The third-order valence-corrected chi connectivity index (χ3v) is 6.33. The largest absolute Gasteiger partial charge is 0.493 e. The summed E-state index contributed by atoms with van der Waals surface area (Å²) in [7, 11) is 2.82. The van der Waals surface area contributed by atoms with Crippen molar-refractivity contribution in [1.82, 2.24) is 9.66 Å². The lowest BCUT2D eigenvalue weighted by atomic mass is 10.2. The van der Waals surface area contributed by atoms with E-state index in [1.165, 1.54) is 18.9 Å². The zero-order chi connectivity index (χ0) is 24.8. The van der Waals surface area contributed by atoms with Crippen molar-refractivity contribution in [3.8, 4) is 11.5 Å². The number of fused-ring (bicyclic) bond motifs is 1. The summed E-state index contributed by atoms with van der Waals surface area (Å²) in [6, 6.07) is 9.00. The molecular weight excluding hydrogens is 617 g/mol. The van der Waals surface area contributed by atoms with E-state index in [0.29, 0.717) is 43.8 Å². The first-order valence-electron chi connectivity index (χ1n) is 10.7. The van der Waals surface area contributed by atoms with Gasteiger partial charge >= 0.3 is 5.97 Å². The Balaban J connectivity index is 2.03. The van der Waals surface area contributed by atoms with Crippen molar-refractivity contribution < 1.29 is 19.0 Å². The van der Waals surface area contributed by atoms with Gasteiger partial charge in [-0.3, -0.25) is 4.79 Å². The van der Waals surface area contributed by atoms with Crippen LogP contribution in [0.5, 0.6) is 11.5 Å². The molecule has 0 saturated carbocycles. The molecule has 0 unspecified atom stereocenters. The summed E-state index contributed by atoms with van der Waals surface area (Å²) in [6.07, 6.45) is 3.28. The highest BCUT2D eigenvalue weighted by Gasteiger charge is 2.20. The molecule has 0 N–H and O–H groups in total. The SMILES string of the molecule is CCCCc1nc2ccc(Br)cc2c(=O)n1N=Cc1cc(I)c(O[C@H](C)C(=O)OC)c(OC)c1. The molecule has 0 amide bonds. The molecule has 0 aliphatic rings. The van der Waals surface area contributed by atoms with E-state index in [1.54, 1.807) is 25.3 Å². The van der Waals surface area contributed by atoms with Crippen LogP contribution in [0, 0.1) is 3.57 Å². The third-order valence-electron chi connectivity index (χ3n) is 5.03. The highest BCUT2D eigenvalue weighted by atomic mass is 127. The van der Waals surface area contributed by atoms with Gasteiger partial charge in [0, 0.05) is 10.9 Å². The summed E-state index contributed by atoms with van der Waals surface area (Å²) in [5.41, 5.74) is 1.10. The van der Waals surface area contributed by atoms with Crippen LogP contribution in [-0.4, -0.2) is 42.2 Å². The molecule has 0 spiro atoms. The maximum absolute atomic E-state index is 13.2. The Morgan fingerprint density at radius 2 is 2.06 bits per heavy atom. The number of rotatable bonds is 9. The van der Waals surface area contributed by atoms with Crippen LogP contribution in [0.3, 0.4) is 0 Å². The number of esters is 1. The minimum atomic E-state index is -0.797. The number of halogens is 2. The summed E-state index contributed by atoms with van der Waals surface area (Å²) in [6.45, 7) is 3.69. The Labute approximate surface area is 219 Å². The fraction of sp³-hybridized carbons (Fsp3) is 0.333. The van der Waals surface area contributed by atoms with Gasteiger partial charge in [0.2, 0.25) is 0 Å². The van der Waals surface area contributed by atoms with Gasteiger partial charge in [0.15, 0.2) is 17.6 Å². The van der Waals surface area contributed by atoms with Crippen LogP contribution in [0.25, 0.3) is 10.9 Å². The molecule has 0 aliphatic heterocycles. The number of unbranched alkanes of at least 4 members (excludes halogenated alkanes) is 1. The minimum Gasteiger partial charge on any atom is -0.493 e. The first-order chi connectivity index (χ1) is 16.3. The second-order valence-electron chi connectivity index (χ2n) is 7.47. The first-order valence-corrected chi connectivity index (χ1v) is 12.5. The number of hydrogen-bond acceptors (Lipinski definition) is 7. The summed E-state index contributed by atoms with van der Waals surface area (Å²) in [4.78, 5) is 29.7. The van der Waals surface area contributed by atoms with Crippen LogP contribution in [0.1, 0.15) is 38.1 Å². The van der Waals surface area contributed by atoms with Crippen LogP contribution >= 0.6 is 38.5 Å². The van der Waals surface area contributed by atoms with Gasteiger partial charge in [-0.2, -0.15) is 9.78 Å². The van der Waals surface area contributed by atoms with Gasteiger partial charge in [0.25, 0.3) is 5.56 Å². The van der Waals surface area contributed by atoms with Crippen molar-refractivity contribution in [1.29, 1.82) is 0 Å². The van der Waals surface area contributed by atoms with E-state index in [4.69, 9.17) is 14.2 Å². The molecule has 8 nitrogen and oxygen atoms in total. The lowest BCUT2D eigenvalue weighted by Crippen LogP contribution is -2.25. The average molecular weight is 642 g/mol. The van der Waals surface area contributed by atoms with E-state index in [9.17, 15) is 9.59 Å². The molecule has 1 atom stereocenters. The zero-order valence-electron chi connectivity index (χ0n) is 19.3. The number of benzene rings is 2. The molecule has 0 saturated heterocycles. The number of nitrogens with zero attached hydrogens (tertiary/aromatic N) is 3. The number of aryl methyl sites for hydroxylation is 1. The van der Waals surface area contributed by atoms with E-state index in [2.05, 4.69) is 55.5 Å². The predicted molar refractivity (Wildman–Crippen MR) is 143 cm³/mol. The molecule has 180 valence electrons. The lowest BCUT2D eigenvalue weighted by molar-refractivity contribution is -0.147. The molecular formula is C24H25BrIN3O5.